The Kier molecular flexibility index (Phi) is 5.44. The summed E-state index contributed by atoms with van der Waals surface area (Å²) in [4.78, 5) is 0. The van der Waals surface area contributed by atoms with Gasteiger partial charge in [0.2, 0.25) is 0 Å². The average molecular weight is 267 g/mol. The molecule has 1 atom stereocenters. The fourth-order valence-electron chi connectivity index (χ4n) is 1.86. The summed E-state index contributed by atoms with van der Waals surface area (Å²) in [5.41, 5.74) is 7.07. The maximum absolute atomic E-state index is 6.08. The van der Waals surface area contributed by atoms with Gasteiger partial charge in [0.05, 0.1) is 25.9 Å². The Bertz CT molecular complexity index is 397. The molecule has 0 fully saturated rings. The Morgan fingerprint density at radius 2 is 1.89 bits per heavy atom. The number of benzene rings is 1. The summed E-state index contributed by atoms with van der Waals surface area (Å²) in [5, 5.41) is 0. The highest BCUT2D eigenvalue weighted by Gasteiger charge is 2.14. The number of rotatable bonds is 7. The summed E-state index contributed by atoms with van der Waals surface area (Å²) in [6.07, 6.45) is 0. The van der Waals surface area contributed by atoms with E-state index in [-0.39, 0.29) is 6.04 Å². The summed E-state index contributed by atoms with van der Waals surface area (Å²) >= 11 is 0. The number of hydrogen-bond acceptors (Lipinski definition) is 5. The van der Waals surface area contributed by atoms with Crippen LogP contribution in [0.2, 0.25) is 0 Å². The molecule has 0 saturated heterocycles. The molecule has 2 N–H and O–H groups in total. The van der Waals surface area contributed by atoms with Gasteiger partial charge in [-0.1, -0.05) is 6.07 Å². The molecule has 1 unspecified atom stereocenters. The molecule has 106 valence electrons. The average Bonchev–Trinajstić information content (AvgIpc) is 2.46. The lowest BCUT2D eigenvalue weighted by molar-refractivity contribution is 0.0472. The summed E-state index contributed by atoms with van der Waals surface area (Å²) in [6, 6.07) is 5.59. The topological polar surface area (TPSA) is 62.9 Å². The van der Waals surface area contributed by atoms with E-state index in [1.165, 1.54) is 0 Å². The van der Waals surface area contributed by atoms with E-state index in [0.717, 1.165) is 17.1 Å². The van der Waals surface area contributed by atoms with Crippen LogP contribution in [0, 0.1) is 0 Å². The third kappa shape index (κ3) is 4.09. The minimum absolute atomic E-state index is 0.169. The van der Waals surface area contributed by atoms with Crippen molar-refractivity contribution in [3.63, 3.8) is 0 Å². The van der Waals surface area contributed by atoms with Crippen molar-refractivity contribution in [1.29, 1.82) is 0 Å². The molecule has 1 heterocycles. The lowest BCUT2D eigenvalue weighted by Gasteiger charge is -2.20. The normalized spacial score (nSPS) is 15.3. The van der Waals surface area contributed by atoms with Crippen LogP contribution in [-0.4, -0.2) is 39.6 Å². The molecule has 0 spiro atoms. The molecule has 1 aromatic carbocycles. The maximum atomic E-state index is 6.08. The predicted octanol–water partition coefficient (Wildman–Crippen LogP) is 1.51. The first-order chi connectivity index (χ1) is 9.31. The van der Waals surface area contributed by atoms with Crippen molar-refractivity contribution in [3.05, 3.63) is 23.8 Å². The van der Waals surface area contributed by atoms with Crippen molar-refractivity contribution in [2.24, 2.45) is 5.73 Å². The summed E-state index contributed by atoms with van der Waals surface area (Å²) in [7, 11) is 0. The molecule has 0 amide bonds. The van der Waals surface area contributed by atoms with Crippen LogP contribution in [-0.2, 0) is 9.47 Å². The van der Waals surface area contributed by atoms with E-state index in [9.17, 15) is 0 Å². The highest BCUT2D eigenvalue weighted by atomic mass is 16.6. The fourth-order valence-corrected chi connectivity index (χ4v) is 1.86. The van der Waals surface area contributed by atoms with E-state index in [0.29, 0.717) is 39.6 Å². The zero-order valence-electron chi connectivity index (χ0n) is 11.3. The van der Waals surface area contributed by atoms with Crippen molar-refractivity contribution in [1.82, 2.24) is 0 Å². The van der Waals surface area contributed by atoms with Crippen LogP contribution in [0.25, 0.3) is 0 Å². The van der Waals surface area contributed by atoms with Gasteiger partial charge in [0, 0.05) is 6.61 Å². The van der Waals surface area contributed by atoms with Crippen LogP contribution >= 0.6 is 0 Å². The Morgan fingerprint density at radius 3 is 2.68 bits per heavy atom. The molecule has 0 radical (unpaired) electrons. The van der Waals surface area contributed by atoms with E-state index >= 15 is 0 Å². The first kappa shape index (κ1) is 14.1. The Hall–Kier alpha value is -1.30. The third-order valence-corrected chi connectivity index (χ3v) is 2.87. The van der Waals surface area contributed by atoms with Crippen molar-refractivity contribution < 1.29 is 18.9 Å². The van der Waals surface area contributed by atoms with Gasteiger partial charge in [-0.05, 0) is 24.6 Å². The van der Waals surface area contributed by atoms with Crippen LogP contribution in [0.5, 0.6) is 11.5 Å². The largest absolute Gasteiger partial charge is 0.486 e. The van der Waals surface area contributed by atoms with Gasteiger partial charge < -0.3 is 24.7 Å². The van der Waals surface area contributed by atoms with Gasteiger partial charge in [-0.15, -0.1) is 0 Å². The maximum Gasteiger partial charge on any atom is 0.161 e. The van der Waals surface area contributed by atoms with E-state index in [1.807, 2.05) is 25.1 Å². The van der Waals surface area contributed by atoms with Gasteiger partial charge in [0.1, 0.15) is 13.2 Å². The number of fused-ring (bicyclic) bond motifs is 1. The Balaban J connectivity index is 1.83. The monoisotopic (exact) mass is 267 g/mol. The molecule has 2 rings (SSSR count). The van der Waals surface area contributed by atoms with Crippen molar-refractivity contribution in [3.8, 4) is 11.5 Å². The molecule has 5 nitrogen and oxygen atoms in total. The SMILES string of the molecule is CCOCCOCC(N)c1ccc2c(c1)OCCO2. The Morgan fingerprint density at radius 1 is 1.16 bits per heavy atom. The van der Waals surface area contributed by atoms with Crippen molar-refractivity contribution in [2.75, 3.05) is 39.6 Å². The lowest BCUT2D eigenvalue weighted by atomic mass is 10.1. The van der Waals surface area contributed by atoms with Gasteiger partial charge in [-0.2, -0.15) is 0 Å². The van der Waals surface area contributed by atoms with E-state index in [2.05, 4.69) is 0 Å². The zero-order chi connectivity index (χ0) is 13.5. The number of ether oxygens (including phenoxy) is 4. The number of nitrogens with two attached hydrogens (primary N) is 1. The first-order valence-electron chi connectivity index (χ1n) is 6.62. The van der Waals surface area contributed by atoms with Crippen LogP contribution in [0.15, 0.2) is 18.2 Å². The zero-order valence-corrected chi connectivity index (χ0v) is 11.3. The molecule has 0 bridgehead atoms. The molecule has 1 aliphatic heterocycles. The quantitative estimate of drug-likeness (QED) is 0.759. The van der Waals surface area contributed by atoms with Crippen LogP contribution in [0.4, 0.5) is 0 Å². The Labute approximate surface area is 113 Å². The van der Waals surface area contributed by atoms with Gasteiger partial charge in [-0.3, -0.25) is 0 Å². The third-order valence-electron chi connectivity index (χ3n) is 2.87. The first-order valence-corrected chi connectivity index (χ1v) is 6.62. The van der Waals surface area contributed by atoms with Crippen LogP contribution in [0.1, 0.15) is 18.5 Å². The van der Waals surface area contributed by atoms with E-state index < -0.39 is 0 Å². The van der Waals surface area contributed by atoms with Gasteiger partial charge in [0.25, 0.3) is 0 Å². The lowest BCUT2D eigenvalue weighted by Crippen LogP contribution is -2.20. The van der Waals surface area contributed by atoms with Gasteiger partial charge >= 0.3 is 0 Å². The molecule has 5 heteroatoms. The number of hydrogen-bond donors (Lipinski definition) is 1. The highest BCUT2D eigenvalue weighted by Crippen LogP contribution is 2.32. The van der Waals surface area contributed by atoms with Gasteiger partial charge in [0.15, 0.2) is 11.5 Å². The van der Waals surface area contributed by atoms with Crippen molar-refractivity contribution >= 4 is 0 Å². The molecule has 0 aliphatic carbocycles. The standard InChI is InChI=1S/C14H21NO4/c1-2-16-5-6-17-10-12(15)11-3-4-13-14(9-11)19-8-7-18-13/h3-4,9,12H,2,5-8,10,15H2,1H3. The second-order valence-electron chi connectivity index (χ2n) is 4.28. The molecular weight excluding hydrogens is 246 g/mol. The molecule has 1 aliphatic rings. The highest BCUT2D eigenvalue weighted by molar-refractivity contribution is 5.44. The smallest absolute Gasteiger partial charge is 0.161 e. The minimum atomic E-state index is -0.169. The van der Waals surface area contributed by atoms with E-state index in [4.69, 9.17) is 24.7 Å². The minimum Gasteiger partial charge on any atom is -0.486 e. The van der Waals surface area contributed by atoms with Crippen molar-refractivity contribution in [2.45, 2.75) is 13.0 Å². The van der Waals surface area contributed by atoms with Crippen LogP contribution < -0.4 is 15.2 Å². The fraction of sp³-hybridized carbons (Fsp3) is 0.571. The predicted molar refractivity (Wildman–Crippen MR) is 71.7 cm³/mol. The van der Waals surface area contributed by atoms with E-state index in [1.54, 1.807) is 0 Å². The molecule has 1 aromatic rings. The summed E-state index contributed by atoms with van der Waals surface area (Å²) in [6.45, 7) is 5.47. The van der Waals surface area contributed by atoms with Gasteiger partial charge in [-0.25, -0.2) is 0 Å². The molecule has 0 aromatic heterocycles. The second-order valence-corrected chi connectivity index (χ2v) is 4.28. The molecular formula is C14H21NO4. The summed E-state index contributed by atoms with van der Waals surface area (Å²) < 4.78 is 21.7. The molecule has 19 heavy (non-hydrogen) atoms. The van der Waals surface area contributed by atoms with Crippen LogP contribution in [0.3, 0.4) is 0 Å². The second kappa shape index (κ2) is 7.33. The molecule has 0 saturated carbocycles. The summed E-state index contributed by atoms with van der Waals surface area (Å²) in [5.74, 6) is 1.54.